The molecule has 0 saturated carbocycles. The Morgan fingerprint density at radius 3 is 2.56 bits per heavy atom. The Hall–Kier alpha value is -1.47. The van der Waals surface area contributed by atoms with Gasteiger partial charge in [0.25, 0.3) is 0 Å². The van der Waals surface area contributed by atoms with E-state index in [1.54, 1.807) is 0 Å². The molecule has 0 aliphatic rings. The van der Waals surface area contributed by atoms with E-state index in [4.69, 9.17) is 11.6 Å². The van der Waals surface area contributed by atoms with Crippen LogP contribution in [0.25, 0.3) is 0 Å². The van der Waals surface area contributed by atoms with Crippen LogP contribution in [0.15, 0.2) is 42.5 Å². The number of nitrogens with one attached hydrogen (secondary N) is 1. The smallest absolute Gasteiger partial charge is 0.0458 e. The van der Waals surface area contributed by atoms with Gasteiger partial charge in [0.15, 0.2) is 0 Å². The van der Waals surface area contributed by atoms with Crippen LogP contribution < -0.4 is 5.32 Å². The number of benzene rings is 2. The maximum atomic E-state index is 6.23. The molecule has 0 bridgehead atoms. The van der Waals surface area contributed by atoms with Crippen molar-refractivity contribution in [2.24, 2.45) is 0 Å². The van der Waals surface area contributed by atoms with Gasteiger partial charge in [-0.1, -0.05) is 48.9 Å². The monoisotopic (exact) mass is 259 g/mol. The summed E-state index contributed by atoms with van der Waals surface area (Å²) in [6.07, 6.45) is 1.03. The molecule has 18 heavy (non-hydrogen) atoms. The number of hydrogen-bond acceptors (Lipinski definition) is 1. The fourth-order valence-electron chi connectivity index (χ4n) is 1.99. The summed E-state index contributed by atoms with van der Waals surface area (Å²) < 4.78 is 0. The maximum absolute atomic E-state index is 6.23. The molecule has 2 heteroatoms. The molecule has 0 atom stereocenters. The standard InChI is InChI=1S/C16H18ClN/c1-3-13-6-4-5-7-16(13)18-11-14-9-8-12(2)10-15(14)17/h4-10,18H,3,11H2,1-2H3. The first kappa shape index (κ1) is 13.0. The van der Waals surface area contributed by atoms with Gasteiger partial charge in [0.05, 0.1) is 0 Å². The highest BCUT2D eigenvalue weighted by molar-refractivity contribution is 6.31. The Balaban J connectivity index is 2.11. The molecule has 0 heterocycles. The zero-order chi connectivity index (χ0) is 13.0. The molecule has 0 saturated heterocycles. The molecule has 0 radical (unpaired) electrons. The molecule has 0 aliphatic carbocycles. The van der Waals surface area contributed by atoms with Crippen LogP contribution >= 0.6 is 11.6 Å². The minimum Gasteiger partial charge on any atom is -0.381 e. The zero-order valence-corrected chi connectivity index (χ0v) is 11.6. The molecule has 2 rings (SSSR count). The number of aryl methyl sites for hydroxylation is 2. The normalized spacial score (nSPS) is 10.4. The van der Waals surface area contributed by atoms with E-state index in [0.29, 0.717) is 0 Å². The molecule has 1 N–H and O–H groups in total. The van der Waals surface area contributed by atoms with Gasteiger partial charge in [-0.3, -0.25) is 0 Å². The van der Waals surface area contributed by atoms with Crippen LogP contribution in [-0.4, -0.2) is 0 Å². The highest BCUT2D eigenvalue weighted by atomic mass is 35.5. The van der Waals surface area contributed by atoms with Crippen molar-refractivity contribution < 1.29 is 0 Å². The van der Waals surface area contributed by atoms with Crippen LogP contribution in [0.1, 0.15) is 23.6 Å². The van der Waals surface area contributed by atoms with Crippen LogP contribution in [0.4, 0.5) is 5.69 Å². The lowest BCUT2D eigenvalue weighted by Gasteiger charge is -2.12. The second-order valence-corrected chi connectivity index (χ2v) is 4.87. The minimum atomic E-state index is 0.760. The SMILES string of the molecule is CCc1ccccc1NCc1ccc(C)cc1Cl. The van der Waals surface area contributed by atoms with Crippen molar-refractivity contribution in [2.45, 2.75) is 26.8 Å². The molecule has 94 valence electrons. The molecule has 2 aromatic rings. The van der Waals surface area contributed by atoms with Crippen LogP contribution in [0.2, 0.25) is 5.02 Å². The third-order valence-electron chi connectivity index (χ3n) is 3.08. The van der Waals surface area contributed by atoms with Gasteiger partial charge in [0.2, 0.25) is 0 Å². The van der Waals surface area contributed by atoms with Crippen molar-refractivity contribution in [1.82, 2.24) is 0 Å². The van der Waals surface area contributed by atoms with Crippen LogP contribution in [0.3, 0.4) is 0 Å². The Kier molecular flexibility index (Phi) is 4.27. The molecule has 2 aromatic carbocycles. The van der Waals surface area contributed by atoms with Gasteiger partial charge in [-0.25, -0.2) is 0 Å². The summed E-state index contributed by atoms with van der Waals surface area (Å²) in [5, 5.41) is 4.29. The predicted molar refractivity (Wildman–Crippen MR) is 79.3 cm³/mol. The van der Waals surface area contributed by atoms with E-state index >= 15 is 0 Å². The van der Waals surface area contributed by atoms with Gasteiger partial charge >= 0.3 is 0 Å². The molecule has 0 aliphatic heterocycles. The van der Waals surface area contributed by atoms with E-state index in [2.05, 4.69) is 55.6 Å². The van der Waals surface area contributed by atoms with E-state index in [-0.39, 0.29) is 0 Å². The van der Waals surface area contributed by atoms with Crippen LogP contribution in [0, 0.1) is 6.92 Å². The van der Waals surface area contributed by atoms with E-state index in [9.17, 15) is 0 Å². The largest absolute Gasteiger partial charge is 0.381 e. The van der Waals surface area contributed by atoms with Crippen molar-refractivity contribution in [1.29, 1.82) is 0 Å². The third-order valence-corrected chi connectivity index (χ3v) is 3.43. The number of anilines is 1. The van der Waals surface area contributed by atoms with Crippen molar-refractivity contribution in [3.05, 3.63) is 64.2 Å². The molecule has 1 nitrogen and oxygen atoms in total. The highest BCUT2D eigenvalue weighted by Gasteiger charge is 2.02. The first-order valence-corrected chi connectivity index (χ1v) is 6.65. The van der Waals surface area contributed by atoms with Crippen molar-refractivity contribution in [2.75, 3.05) is 5.32 Å². The summed E-state index contributed by atoms with van der Waals surface area (Å²) in [5.41, 5.74) is 4.85. The number of rotatable bonds is 4. The maximum Gasteiger partial charge on any atom is 0.0458 e. The van der Waals surface area contributed by atoms with Gasteiger partial charge in [-0.15, -0.1) is 0 Å². The molecule has 0 unspecified atom stereocenters. The number of halogens is 1. The Morgan fingerprint density at radius 2 is 1.83 bits per heavy atom. The summed E-state index contributed by atoms with van der Waals surface area (Å²) in [4.78, 5) is 0. The first-order chi connectivity index (χ1) is 8.70. The average molecular weight is 260 g/mol. The predicted octanol–water partition coefficient (Wildman–Crippen LogP) is 4.82. The van der Waals surface area contributed by atoms with Gasteiger partial charge in [0.1, 0.15) is 0 Å². The Labute approximate surface area is 114 Å². The Morgan fingerprint density at radius 1 is 1.06 bits per heavy atom. The van der Waals surface area contributed by atoms with E-state index < -0.39 is 0 Å². The molecule has 0 spiro atoms. The lowest BCUT2D eigenvalue weighted by Crippen LogP contribution is -2.02. The van der Waals surface area contributed by atoms with E-state index in [1.807, 2.05) is 6.07 Å². The summed E-state index contributed by atoms with van der Waals surface area (Å²) in [6, 6.07) is 14.6. The minimum absolute atomic E-state index is 0.760. The fourth-order valence-corrected chi connectivity index (χ4v) is 2.29. The number of hydrogen-bond donors (Lipinski definition) is 1. The van der Waals surface area contributed by atoms with Crippen molar-refractivity contribution in [3.63, 3.8) is 0 Å². The quantitative estimate of drug-likeness (QED) is 0.830. The average Bonchev–Trinajstić information content (AvgIpc) is 2.38. The van der Waals surface area contributed by atoms with Crippen molar-refractivity contribution in [3.8, 4) is 0 Å². The molecule has 0 aromatic heterocycles. The molecular weight excluding hydrogens is 242 g/mol. The summed E-state index contributed by atoms with van der Waals surface area (Å²) in [5.74, 6) is 0. The van der Waals surface area contributed by atoms with Crippen LogP contribution in [-0.2, 0) is 13.0 Å². The summed E-state index contributed by atoms with van der Waals surface area (Å²) in [6.45, 7) is 4.98. The zero-order valence-electron chi connectivity index (χ0n) is 10.8. The van der Waals surface area contributed by atoms with E-state index in [0.717, 1.165) is 23.6 Å². The van der Waals surface area contributed by atoms with Gasteiger partial charge < -0.3 is 5.32 Å². The molecule has 0 amide bonds. The van der Waals surface area contributed by atoms with E-state index in [1.165, 1.54) is 16.8 Å². The summed E-state index contributed by atoms with van der Waals surface area (Å²) in [7, 11) is 0. The fraction of sp³-hybridized carbons (Fsp3) is 0.250. The highest BCUT2D eigenvalue weighted by Crippen LogP contribution is 2.21. The first-order valence-electron chi connectivity index (χ1n) is 6.27. The Bertz CT molecular complexity index is 534. The molecule has 0 fully saturated rings. The molecular formula is C16H18ClN. The van der Waals surface area contributed by atoms with Crippen LogP contribution in [0.5, 0.6) is 0 Å². The lowest BCUT2D eigenvalue weighted by molar-refractivity contribution is 1.09. The lowest BCUT2D eigenvalue weighted by atomic mass is 10.1. The van der Waals surface area contributed by atoms with Gasteiger partial charge in [0, 0.05) is 17.3 Å². The topological polar surface area (TPSA) is 12.0 Å². The summed E-state index contributed by atoms with van der Waals surface area (Å²) >= 11 is 6.23. The second kappa shape index (κ2) is 5.92. The number of para-hydroxylation sites is 1. The second-order valence-electron chi connectivity index (χ2n) is 4.46. The van der Waals surface area contributed by atoms with Crippen molar-refractivity contribution >= 4 is 17.3 Å². The van der Waals surface area contributed by atoms with Gasteiger partial charge in [-0.2, -0.15) is 0 Å². The van der Waals surface area contributed by atoms with Gasteiger partial charge in [-0.05, 0) is 42.2 Å². The third kappa shape index (κ3) is 3.05.